The first-order valence-electron chi connectivity index (χ1n) is 13.5. The van der Waals surface area contributed by atoms with Crippen LogP contribution in [-0.2, 0) is 0 Å². The van der Waals surface area contributed by atoms with Gasteiger partial charge in [0.25, 0.3) is 5.91 Å². The Labute approximate surface area is 222 Å². The number of nitrogens with zero attached hydrogens (tertiary/aromatic N) is 5. The molecule has 0 saturated carbocycles. The number of carbonyl (C=O) groups excluding carboxylic acids is 1. The number of likely N-dealkylation sites (tertiary alicyclic amines) is 2. The topological polar surface area (TPSA) is 52.6 Å². The number of hydrogen-bond donors (Lipinski definition) is 0. The average Bonchev–Trinajstić information content (AvgIpc) is 3.44. The number of halogens is 3. The Morgan fingerprint density at radius 2 is 1.74 bits per heavy atom. The first-order valence-corrected chi connectivity index (χ1v) is 13.5. The van der Waals surface area contributed by atoms with Crippen molar-refractivity contribution >= 4 is 5.91 Å². The minimum absolute atomic E-state index is 0.00320. The molecule has 2 atom stereocenters. The van der Waals surface area contributed by atoms with E-state index in [0.717, 1.165) is 32.4 Å². The summed E-state index contributed by atoms with van der Waals surface area (Å²) in [6, 6.07) is 10.4. The Hall–Kier alpha value is -2.94. The van der Waals surface area contributed by atoms with E-state index < -0.39 is 12.7 Å². The zero-order valence-corrected chi connectivity index (χ0v) is 22.1. The van der Waals surface area contributed by atoms with Gasteiger partial charge in [-0.25, -0.2) is 9.97 Å². The minimum Gasteiger partial charge on any atom is -0.377 e. The number of benzene rings is 1. The lowest BCUT2D eigenvalue weighted by atomic mass is 9.78. The van der Waals surface area contributed by atoms with Gasteiger partial charge in [0.05, 0.1) is 23.5 Å². The zero-order chi connectivity index (χ0) is 26.9. The number of hydrogen-bond acceptors (Lipinski definition) is 5. The number of piperidine rings is 1. The molecule has 2 saturated heterocycles. The van der Waals surface area contributed by atoms with Gasteiger partial charge < -0.3 is 9.80 Å². The molecule has 4 heterocycles. The fraction of sp³-hybridized carbons (Fsp3) is 0.552. The third-order valence-corrected chi connectivity index (χ3v) is 8.43. The van der Waals surface area contributed by atoms with E-state index in [0.29, 0.717) is 60.9 Å². The van der Waals surface area contributed by atoms with E-state index >= 15 is 0 Å². The normalized spacial score (nSPS) is 21.5. The van der Waals surface area contributed by atoms with Crippen LogP contribution in [0.1, 0.15) is 52.5 Å². The van der Waals surface area contributed by atoms with Crippen LogP contribution in [0.4, 0.5) is 13.2 Å². The Kier molecular flexibility index (Phi) is 7.75. The summed E-state index contributed by atoms with van der Waals surface area (Å²) in [7, 11) is 0. The highest BCUT2D eigenvalue weighted by Crippen LogP contribution is 2.37. The van der Waals surface area contributed by atoms with Gasteiger partial charge >= 0.3 is 6.18 Å². The smallest absolute Gasteiger partial charge is 0.377 e. The summed E-state index contributed by atoms with van der Waals surface area (Å²) in [5.41, 5.74) is 4.61. The van der Waals surface area contributed by atoms with Gasteiger partial charge in [0.15, 0.2) is 0 Å². The quantitative estimate of drug-likeness (QED) is 0.517. The van der Waals surface area contributed by atoms with Crippen molar-refractivity contribution in [1.82, 2.24) is 24.7 Å². The van der Waals surface area contributed by atoms with E-state index in [1.54, 1.807) is 4.90 Å². The second kappa shape index (κ2) is 11.0. The van der Waals surface area contributed by atoms with Gasteiger partial charge in [-0.05, 0) is 69.2 Å². The summed E-state index contributed by atoms with van der Waals surface area (Å²) in [6.45, 7) is 7.02. The van der Waals surface area contributed by atoms with Gasteiger partial charge in [-0.2, -0.15) is 13.2 Å². The van der Waals surface area contributed by atoms with Crippen molar-refractivity contribution in [1.29, 1.82) is 0 Å². The summed E-state index contributed by atoms with van der Waals surface area (Å²) in [6.07, 6.45) is 2.13. The van der Waals surface area contributed by atoms with Crippen LogP contribution in [0.15, 0.2) is 48.4 Å². The second-order valence-electron chi connectivity index (χ2n) is 11.0. The first kappa shape index (κ1) is 26.7. The monoisotopic (exact) mass is 527 g/mol. The van der Waals surface area contributed by atoms with Crippen LogP contribution < -0.4 is 0 Å². The Morgan fingerprint density at radius 3 is 2.37 bits per heavy atom. The highest BCUT2D eigenvalue weighted by Gasteiger charge is 2.38. The van der Waals surface area contributed by atoms with Crippen LogP contribution in [0.3, 0.4) is 0 Å². The number of aryl methyl sites for hydroxylation is 2. The van der Waals surface area contributed by atoms with Crippen molar-refractivity contribution in [2.75, 3.05) is 45.8 Å². The van der Waals surface area contributed by atoms with Crippen molar-refractivity contribution < 1.29 is 18.0 Å². The lowest BCUT2D eigenvalue weighted by Gasteiger charge is -2.37. The lowest BCUT2D eigenvalue weighted by Crippen LogP contribution is -2.41. The van der Waals surface area contributed by atoms with E-state index in [-0.39, 0.29) is 5.91 Å². The summed E-state index contributed by atoms with van der Waals surface area (Å²) in [4.78, 5) is 27.4. The van der Waals surface area contributed by atoms with E-state index in [4.69, 9.17) is 0 Å². The maximum absolute atomic E-state index is 13.2. The third-order valence-electron chi connectivity index (χ3n) is 8.43. The fourth-order valence-electron chi connectivity index (χ4n) is 6.51. The van der Waals surface area contributed by atoms with Crippen LogP contribution in [-0.4, -0.2) is 82.6 Å². The molecular weight excluding hydrogens is 491 g/mol. The molecule has 204 valence electrons. The molecule has 0 spiro atoms. The maximum atomic E-state index is 13.2. The highest BCUT2D eigenvalue weighted by molar-refractivity contribution is 5.96. The SMILES string of the molecule is Cc1ncnc(C)c1C(=O)N1CC2=CN(CCC(c3ccccc3)C3CCN(CC(F)(F)F)CC3)CC2C1. The van der Waals surface area contributed by atoms with Gasteiger partial charge in [0, 0.05) is 38.3 Å². The molecule has 2 aromatic rings. The third kappa shape index (κ3) is 6.03. The fourth-order valence-corrected chi connectivity index (χ4v) is 6.51. The van der Waals surface area contributed by atoms with Crippen molar-refractivity contribution in [3.63, 3.8) is 0 Å². The highest BCUT2D eigenvalue weighted by atomic mass is 19.4. The summed E-state index contributed by atoms with van der Waals surface area (Å²) < 4.78 is 38.6. The van der Waals surface area contributed by atoms with Crippen LogP contribution in [0.25, 0.3) is 0 Å². The standard InChI is InChI=1S/C29H36F3N5O/c1-20-27(21(2)34-19-33-20)28(38)37-16-24-14-36(15-25(24)17-37)13-10-26(22-6-4-3-5-7-22)23-8-11-35(12-9-23)18-29(30,31)32/h3-7,14,19,23,25-26H,8-13,15-18H2,1-2H3. The maximum Gasteiger partial charge on any atom is 0.401 e. The van der Waals surface area contributed by atoms with Gasteiger partial charge in [-0.1, -0.05) is 30.3 Å². The Morgan fingerprint density at radius 1 is 1.05 bits per heavy atom. The second-order valence-corrected chi connectivity index (χ2v) is 11.0. The Balaban J connectivity index is 1.20. The number of fused-ring (bicyclic) bond motifs is 1. The van der Waals surface area contributed by atoms with Crippen LogP contribution in [0.5, 0.6) is 0 Å². The number of alkyl halides is 3. The van der Waals surface area contributed by atoms with Crippen molar-refractivity contribution in [3.8, 4) is 0 Å². The molecule has 1 amide bonds. The number of rotatable bonds is 7. The van der Waals surface area contributed by atoms with Gasteiger partial charge in [-0.15, -0.1) is 0 Å². The van der Waals surface area contributed by atoms with Crippen molar-refractivity contribution in [2.24, 2.45) is 11.8 Å². The van der Waals surface area contributed by atoms with Crippen molar-refractivity contribution in [2.45, 2.75) is 45.2 Å². The van der Waals surface area contributed by atoms with Gasteiger partial charge in [-0.3, -0.25) is 9.69 Å². The molecular formula is C29H36F3N5O. The summed E-state index contributed by atoms with van der Waals surface area (Å²) in [5, 5.41) is 0. The molecule has 1 aromatic heterocycles. The first-order chi connectivity index (χ1) is 18.2. The molecule has 0 N–H and O–H groups in total. The van der Waals surface area contributed by atoms with Crippen LogP contribution >= 0.6 is 0 Å². The molecule has 3 aliphatic rings. The van der Waals surface area contributed by atoms with E-state index in [2.05, 4.69) is 45.3 Å². The average molecular weight is 528 g/mol. The minimum atomic E-state index is -4.14. The van der Waals surface area contributed by atoms with Gasteiger partial charge in [0.2, 0.25) is 0 Å². The number of amides is 1. The van der Waals surface area contributed by atoms with E-state index in [1.165, 1.54) is 17.5 Å². The van der Waals surface area contributed by atoms with Crippen LogP contribution in [0.2, 0.25) is 0 Å². The number of carbonyl (C=O) groups is 1. The largest absolute Gasteiger partial charge is 0.401 e. The number of aromatic nitrogens is 2. The summed E-state index contributed by atoms with van der Waals surface area (Å²) >= 11 is 0. The molecule has 0 bridgehead atoms. The predicted octanol–water partition coefficient (Wildman–Crippen LogP) is 4.81. The summed E-state index contributed by atoms with van der Waals surface area (Å²) in [5.74, 6) is 1.04. The molecule has 6 nitrogen and oxygen atoms in total. The molecule has 5 rings (SSSR count). The van der Waals surface area contributed by atoms with Gasteiger partial charge in [0.1, 0.15) is 6.33 Å². The predicted molar refractivity (Wildman–Crippen MR) is 140 cm³/mol. The van der Waals surface area contributed by atoms with E-state index in [1.807, 2.05) is 24.8 Å². The molecule has 1 aromatic carbocycles. The molecule has 3 aliphatic heterocycles. The molecule has 0 radical (unpaired) electrons. The Bertz CT molecular complexity index is 1140. The van der Waals surface area contributed by atoms with Crippen molar-refractivity contribution in [3.05, 3.63) is 70.9 Å². The molecule has 9 heteroatoms. The van der Waals surface area contributed by atoms with E-state index in [9.17, 15) is 18.0 Å². The molecule has 38 heavy (non-hydrogen) atoms. The molecule has 0 aliphatic carbocycles. The molecule has 2 unspecified atom stereocenters. The zero-order valence-electron chi connectivity index (χ0n) is 22.1. The lowest BCUT2D eigenvalue weighted by molar-refractivity contribution is -0.148. The van der Waals surface area contributed by atoms with Crippen LogP contribution in [0, 0.1) is 25.7 Å². The molecule has 2 fully saturated rings.